The second kappa shape index (κ2) is 3.90. The SMILES string of the molecule is O=C(O)c1ccc(-c2cccc(Br)c2)[nH]1. The van der Waals surface area contributed by atoms with Gasteiger partial charge in [0.1, 0.15) is 5.69 Å². The molecule has 0 atom stereocenters. The van der Waals surface area contributed by atoms with E-state index >= 15 is 0 Å². The Morgan fingerprint density at radius 2 is 2.07 bits per heavy atom. The molecule has 0 amide bonds. The van der Waals surface area contributed by atoms with Gasteiger partial charge in [0.05, 0.1) is 0 Å². The summed E-state index contributed by atoms with van der Waals surface area (Å²) in [7, 11) is 0. The second-order valence-electron chi connectivity index (χ2n) is 3.10. The first kappa shape index (κ1) is 9.98. The summed E-state index contributed by atoms with van der Waals surface area (Å²) < 4.78 is 0.964. The average molecular weight is 266 g/mol. The number of halogens is 1. The molecule has 0 spiro atoms. The average Bonchev–Trinajstić information content (AvgIpc) is 2.66. The third kappa shape index (κ3) is 2.10. The standard InChI is InChI=1S/C11H8BrNO2/c12-8-3-1-2-7(6-8)9-4-5-10(13-9)11(14)15/h1-6,13H,(H,14,15). The lowest BCUT2D eigenvalue weighted by molar-refractivity contribution is 0.0691. The Bertz CT molecular complexity index is 505. The number of H-pyrrole nitrogens is 1. The highest BCUT2D eigenvalue weighted by atomic mass is 79.9. The number of hydrogen-bond acceptors (Lipinski definition) is 1. The van der Waals surface area contributed by atoms with Gasteiger partial charge in [0.25, 0.3) is 0 Å². The number of aromatic amines is 1. The van der Waals surface area contributed by atoms with Gasteiger partial charge in [-0.1, -0.05) is 28.1 Å². The van der Waals surface area contributed by atoms with Crippen molar-refractivity contribution in [3.8, 4) is 11.3 Å². The lowest BCUT2D eigenvalue weighted by Crippen LogP contribution is -1.95. The molecule has 0 fully saturated rings. The number of nitrogens with one attached hydrogen (secondary N) is 1. The smallest absolute Gasteiger partial charge is 0.352 e. The van der Waals surface area contributed by atoms with E-state index in [0.29, 0.717) is 0 Å². The predicted octanol–water partition coefficient (Wildman–Crippen LogP) is 3.14. The van der Waals surface area contributed by atoms with Gasteiger partial charge < -0.3 is 10.1 Å². The minimum absolute atomic E-state index is 0.199. The van der Waals surface area contributed by atoms with E-state index in [-0.39, 0.29) is 5.69 Å². The van der Waals surface area contributed by atoms with Crippen LogP contribution in [-0.4, -0.2) is 16.1 Å². The molecule has 0 unspecified atom stereocenters. The Kier molecular flexibility index (Phi) is 2.60. The Morgan fingerprint density at radius 3 is 2.67 bits per heavy atom. The first-order chi connectivity index (χ1) is 7.16. The highest BCUT2D eigenvalue weighted by Gasteiger charge is 2.06. The minimum atomic E-state index is -0.948. The van der Waals surface area contributed by atoms with Crippen LogP contribution in [0.4, 0.5) is 0 Å². The van der Waals surface area contributed by atoms with Crippen LogP contribution in [0.1, 0.15) is 10.5 Å². The van der Waals surface area contributed by atoms with Gasteiger partial charge in [0.15, 0.2) is 0 Å². The van der Waals surface area contributed by atoms with E-state index in [2.05, 4.69) is 20.9 Å². The molecule has 0 aliphatic heterocycles. The maximum atomic E-state index is 10.7. The summed E-state index contributed by atoms with van der Waals surface area (Å²) in [6.07, 6.45) is 0. The van der Waals surface area contributed by atoms with E-state index < -0.39 is 5.97 Å². The maximum absolute atomic E-state index is 10.7. The maximum Gasteiger partial charge on any atom is 0.352 e. The first-order valence-electron chi connectivity index (χ1n) is 4.35. The van der Waals surface area contributed by atoms with Crippen LogP contribution in [0.5, 0.6) is 0 Å². The monoisotopic (exact) mass is 265 g/mol. The molecule has 0 bridgehead atoms. The van der Waals surface area contributed by atoms with Crippen molar-refractivity contribution in [1.82, 2.24) is 4.98 Å². The van der Waals surface area contributed by atoms with Gasteiger partial charge in [0, 0.05) is 10.2 Å². The molecule has 0 saturated carbocycles. The van der Waals surface area contributed by atoms with Crippen molar-refractivity contribution in [2.45, 2.75) is 0 Å². The zero-order valence-electron chi connectivity index (χ0n) is 7.70. The van der Waals surface area contributed by atoms with Crippen molar-refractivity contribution in [2.24, 2.45) is 0 Å². The van der Waals surface area contributed by atoms with Crippen molar-refractivity contribution in [3.05, 3.63) is 46.6 Å². The minimum Gasteiger partial charge on any atom is -0.477 e. The molecular formula is C11H8BrNO2. The Hall–Kier alpha value is -1.55. The van der Waals surface area contributed by atoms with Gasteiger partial charge in [-0.25, -0.2) is 4.79 Å². The molecule has 2 aromatic rings. The lowest BCUT2D eigenvalue weighted by Gasteiger charge is -1.98. The van der Waals surface area contributed by atoms with Gasteiger partial charge in [0.2, 0.25) is 0 Å². The van der Waals surface area contributed by atoms with Gasteiger partial charge in [-0.05, 0) is 29.8 Å². The summed E-state index contributed by atoms with van der Waals surface area (Å²) in [5.41, 5.74) is 1.95. The number of hydrogen-bond donors (Lipinski definition) is 2. The largest absolute Gasteiger partial charge is 0.477 e. The molecule has 1 aromatic heterocycles. The fourth-order valence-corrected chi connectivity index (χ4v) is 1.74. The number of carboxylic acid groups (broad SMARTS) is 1. The van der Waals surface area contributed by atoms with Crippen LogP contribution in [-0.2, 0) is 0 Å². The second-order valence-corrected chi connectivity index (χ2v) is 4.02. The first-order valence-corrected chi connectivity index (χ1v) is 5.14. The number of aromatic carboxylic acids is 1. The van der Waals surface area contributed by atoms with E-state index in [0.717, 1.165) is 15.7 Å². The lowest BCUT2D eigenvalue weighted by atomic mass is 10.2. The van der Waals surface area contributed by atoms with Crippen LogP contribution in [0.15, 0.2) is 40.9 Å². The van der Waals surface area contributed by atoms with Crippen LogP contribution in [0.2, 0.25) is 0 Å². The molecule has 15 heavy (non-hydrogen) atoms. The zero-order chi connectivity index (χ0) is 10.8. The van der Waals surface area contributed by atoms with Crippen LogP contribution >= 0.6 is 15.9 Å². The topological polar surface area (TPSA) is 53.1 Å². The molecule has 0 saturated heterocycles. The normalized spacial score (nSPS) is 10.2. The fourth-order valence-electron chi connectivity index (χ4n) is 1.34. The Balaban J connectivity index is 2.41. The van der Waals surface area contributed by atoms with Gasteiger partial charge in [-0.3, -0.25) is 0 Å². The van der Waals surface area contributed by atoms with Crippen LogP contribution in [0.3, 0.4) is 0 Å². The fraction of sp³-hybridized carbons (Fsp3) is 0. The molecule has 3 nitrogen and oxygen atoms in total. The molecular weight excluding hydrogens is 258 g/mol. The van der Waals surface area contributed by atoms with Crippen LogP contribution in [0, 0.1) is 0 Å². The summed E-state index contributed by atoms with van der Waals surface area (Å²) in [5.74, 6) is -0.948. The molecule has 4 heteroatoms. The Labute approximate surface area is 94.9 Å². The predicted molar refractivity (Wildman–Crippen MR) is 60.9 cm³/mol. The molecule has 1 aromatic carbocycles. The van der Waals surface area contributed by atoms with Crippen LogP contribution < -0.4 is 0 Å². The third-order valence-corrected chi connectivity index (χ3v) is 2.55. The number of rotatable bonds is 2. The molecule has 0 aliphatic carbocycles. The zero-order valence-corrected chi connectivity index (χ0v) is 9.28. The third-order valence-electron chi connectivity index (χ3n) is 2.05. The van der Waals surface area contributed by atoms with Crippen molar-refractivity contribution in [1.29, 1.82) is 0 Å². The molecule has 1 heterocycles. The van der Waals surface area contributed by atoms with E-state index in [9.17, 15) is 4.79 Å². The summed E-state index contributed by atoms with van der Waals surface area (Å²) in [5, 5.41) is 8.76. The van der Waals surface area contributed by atoms with Crippen molar-refractivity contribution >= 4 is 21.9 Å². The summed E-state index contributed by atoms with van der Waals surface area (Å²) >= 11 is 3.36. The number of aromatic nitrogens is 1. The number of carboxylic acids is 1. The van der Waals surface area contributed by atoms with Crippen molar-refractivity contribution in [2.75, 3.05) is 0 Å². The van der Waals surface area contributed by atoms with Gasteiger partial charge >= 0.3 is 5.97 Å². The molecule has 2 rings (SSSR count). The summed E-state index contributed by atoms with van der Waals surface area (Å²) in [6.45, 7) is 0. The van der Waals surface area contributed by atoms with E-state index in [1.54, 1.807) is 12.1 Å². The van der Waals surface area contributed by atoms with Crippen molar-refractivity contribution < 1.29 is 9.90 Å². The summed E-state index contributed by atoms with van der Waals surface area (Å²) in [4.78, 5) is 13.5. The molecule has 76 valence electrons. The Morgan fingerprint density at radius 1 is 1.27 bits per heavy atom. The van der Waals surface area contributed by atoms with Crippen LogP contribution in [0.25, 0.3) is 11.3 Å². The van der Waals surface area contributed by atoms with E-state index in [4.69, 9.17) is 5.11 Å². The quantitative estimate of drug-likeness (QED) is 0.877. The highest BCUT2D eigenvalue weighted by molar-refractivity contribution is 9.10. The van der Waals surface area contributed by atoms with Gasteiger partial charge in [-0.15, -0.1) is 0 Å². The molecule has 0 aliphatic rings. The van der Waals surface area contributed by atoms with E-state index in [1.165, 1.54) is 0 Å². The summed E-state index contributed by atoms with van der Waals surface area (Å²) in [6, 6.07) is 11.0. The highest BCUT2D eigenvalue weighted by Crippen LogP contribution is 2.22. The number of carbonyl (C=O) groups is 1. The van der Waals surface area contributed by atoms with E-state index in [1.807, 2.05) is 24.3 Å². The number of benzene rings is 1. The van der Waals surface area contributed by atoms with Gasteiger partial charge in [-0.2, -0.15) is 0 Å². The van der Waals surface area contributed by atoms with Crippen molar-refractivity contribution in [3.63, 3.8) is 0 Å². The molecule has 2 N–H and O–H groups in total. The molecule has 0 radical (unpaired) electrons.